The van der Waals surface area contributed by atoms with Crippen molar-refractivity contribution in [3.05, 3.63) is 97.2 Å². The van der Waals surface area contributed by atoms with Gasteiger partial charge < -0.3 is 14.2 Å². The molecule has 0 spiro atoms. The minimum atomic E-state index is -0.838. The van der Waals surface area contributed by atoms with Gasteiger partial charge in [-0.25, -0.2) is 0 Å². The van der Waals surface area contributed by atoms with Gasteiger partial charge in [-0.15, -0.1) is 0 Å². The molecule has 0 saturated carbocycles. The molecule has 0 aromatic heterocycles. The van der Waals surface area contributed by atoms with Gasteiger partial charge in [0, 0.05) is 19.3 Å². The van der Waals surface area contributed by atoms with Gasteiger partial charge in [0.05, 0.1) is 0 Å². The highest BCUT2D eigenvalue weighted by Crippen LogP contribution is 2.11. The van der Waals surface area contributed by atoms with Crippen LogP contribution in [0.2, 0.25) is 0 Å². The van der Waals surface area contributed by atoms with Gasteiger partial charge in [-0.05, 0) is 70.6 Å². The lowest BCUT2D eigenvalue weighted by Crippen LogP contribution is -2.30. The zero-order valence-electron chi connectivity index (χ0n) is 35.1. The van der Waals surface area contributed by atoms with E-state index in [1.807, 2.05) is 60.8 Å². The first kappa shape index (κ1) is 51.3. The van der Waals surface area contributed by atoms with Gasteiger partial charge in [-0.3, -0.25) is 14.4 Å². The third-order valence-corrected chi connectivity index (χ3v) is 8.68. The third kappa shape index (κ3) is 41.3. The van der Waals surface area contributed by atoms with Crippen LogP contribution in [0.3, 0.4) is 0 Å². The summed E-state index contributed by atoms with van der Waals surface area (Å²) in [4.78, 5) is 37.6. The third-order valence-electron chi connectivity index (χ3n) is 8.68. The summed E-state index contributed by atoms with van der Waals surface area (Å²) in [6, 6.07) is 0. The first-order valence-electron chi connectivity index (χ1n) is 21.8. The predicted molar refractivity (Wildman–Crippen MR) is 233 cm³/mol. The molecule has 0 aromatic rings. The highest BCUT2D eigenvalue weighted by Gasteiger charge is 2.19. The molecule has 0 rings (SSSR count). The van der Waals surface area contributed by atoms with Gasteiger partial charge in [0.2, 0.25) is 0 Å². The Morgan fingerprint density at radius 1 is 0.400 bits per heavy atom. The first-order valence-corrected chi connectivity index (χ1v) is 21.8. The molecule has 0 amide bonds. The molecule has 1 atom stereocenters. The van der Waals surface area contributed by atoms with E-state index in [0.29, 0.717) is 19.3 Å². The van der Waals surface area contributed by atoms with Gasteiger partial charge in [0.1, 0.15) is 13.2 Å². The van der Waals surface area contributed by atoms with Gasteiger partial charge in [0.15, 0.2) is 6.10 Å². The zero-order chi connectivity index (χ0) is 40.1. The van der Waals surface area contributed by atoms with Crippen molar-refractivity contribution in [1.82, 2.24) is 0 Å². The van der Waals surface area contributed by atoms with E-state index in [1.54, 1.807) is 0 Å². The lowest BCUT2D eigenvalue weighted by Gasteiger charge is -2.18. The van der Waals surface area contributed by atoms with Crippen LogP contribution >= 0.6 is 0 Å². The molecule has 0 aliphatic rings. The predicted octanol–water partition coefficient (Wildman–Crippen LogP) is 13.9. The molecule has 6 heteroatoms. The van der Waals surface area contributed by atoms with Gasteiger partial charge in [0.25, 0.3) is 0 Å². The second-order valence-electron chi connectivity index (χ2n) is 14.0. The molecule has 0 bridgehead atoms. The van der Waals surface area contributed by atoms with Crippen molar-refractivity contribution in [3.63, 3.8) is 0 Å². The summed E-state index contributed by atoms with van der Waals surface area (Å²) in [5.41, 5.74) is 0. The van der Waals surface area contributed by atoms with Crippen molar-refractivity contribution in [2.45, 2.75) is 181 Å². The molecule has 1 unspecified atom stereocenters. The molecule has 0 radical (unpaired) electrons. The number of hydrogen-bond donors (Lipinski definition) is 0. The maximum atomic E-state index is 12.7. The van der Waals surface area contributed by atoms with E-state index in [1.165, 1.54) is 64.2 Å². The molecular weight excluding hydrogens is 685 g/mol. The fraction of sp³-hybridized carbons (Fsp3) is 0.612. The Balaban J connectivity index is 4.61. The molecule has 6 nitrogen and oxygen atoms in total. The fourth-order valence-corrected chi connectivity index (χ4v) is 5.39. The second kappa shape index (κ2) is 43.1. The molecule has 310 valence electrons. The van der Waals surface area contributed by atoms with Crippen LogP contribution in [-0.2, 0) is 28.6 Å². The number of hydrogen-bond acceptors (Lipinski definition) is 6. The lowest BCUT2D eigenvalue weighted by atomic mass is 10.1. The van der Waals surface area contributed by atoms with E-state index < -0.39 is 12.1 Å². The Bertz CT molecular complexity index is 1150. The van der Waals surface area contributed by atoms with Crippen LogP contribution in [0, 0.1) is 0 Å². The Morgan fingerprint density at radius 3 is 1.45 bits per heavy atom. The highest BCUT2D eigenvalue weighted by molar-refractivity contribution is 5.71. The SMILES string of the molecule is CC\C=C/C=C\C=C/C=C\C=C/CCCC(=O)OCC(COC(=O)CCCCCCC/C=C\CCCC)OC(=O)CC/C=C\C/C=C\CCCCCCCC. The van der Waals surface area contributed by atoms with Gasteiger partial charge in [-0.1, -0.05) is 182 Å². The quantitative estimate of drug-likeness (QED) is 0.0206. The molecule has 0 N–H and O–H groups in total. The minimum absolute atomic E-state index is 0.129. The highest BCUT2D eigenvalue weighted by atomic mass is 16.6. The van der Waals surface area contributed by atoms with Gasteiger partial charge >= 0.3 is 17.9 Å². The molecule has 0 saturated heterocycles. The molecule has 0 aliphatic heterocycles. The topological polar surface area (TPSA) is 78.9 Å². The van der Waals surface area contributed by atoms with E-state index in [4.69, 9.17) is 14.2 Å². The van der Waals surface area contributed by atoms with Crippen LogP contribution in [0.5, 0.6) is 0 Å². The van der Waals surface area contributed by atoms with Crippen LogP contribution < -0.4 is 0 Å². The monoisotopic (exact) mass is 763 g/mol. The number of rotatable bonds is 37. The Kier molecular flexibility index (Phi) is 40.2. The summed E-state index contributed by atoms with van der Waals surface area (Å²) in [6.45, 7) is 6.28. The van der Waals surface area contributed by atoms with Crippen LogP contribution in [0.4, 0.5) is 0 Å². The van der Waals surface area contributed by atoms with Crippen molar-refractivity contribution >= 4 is 17.9 Å². The number of allylic oxidation sites excluding steroid dienone is 16. The number of carbonyl (C=O) groups excluding carboxylic acids is 3. The lowest BCUT2D eigenvalue weighted by molar-refractivity contribution is -0.166. The summed E-state index contributed by atoms with van der Waals surface area (Å²) in [5, 5.41) is 0. The van der Waals surface area contributed by atoms with Crippen LogP contribution in [-0.4, -0.2) is 37.2 Å². The van der Waals surface area contributed by atoms with E-state index in [2.05, 4.69) is 57.2 Å². The molecule has 0 fully saturated rings. The molecular formula is C49H78O6. The maximum Gasteiger partial charge on any atom is 0.306 e. The standard InChI is InChI=1S/C49H78O6/c1-4-7-10-13-16-19-22-24-27-30-33-36-39-42-48(51)54-45-46(44-53-47(50)41-38-35-32-29-26-21-18-15-12-9-6-3)55-49(52)43-40-37-34-31-28-25-23-20-17-14-11-8-5-2/h7,10,13,15-16,18-19,22,24-25,27-28,30,33-34,37,46H,4-6,8-9,11-12,14,17,20-21,23,26,29,31-32,35-36,38-45H2,1-3H3/b10-7-,16-13-,18-15-,22-19-,27-24-,28-25-,33-30-,37-34-. The average Bonchev–Trinajstić information content (AvgIpc) is 3.18. The summed E-state index contributed by atoms with van der Waals surface area (Å²) in [7, 11) is 0. The second-order valence-corrected chi connectivity index (χ2v) is 14.0. The molecule has 55 heavy (non-hydrogen) atoms. The van der Waals surface area contributed by atoms with E-state index >= 15 is 0 Å². The fourth-order valence-electron chi connectivity index (χ4n) is 5.39. The van der Waals surface area contributed by atoms with Crippen molar-refractivity contribution < 1.29 is 28.6 Å². The average molecular weight is 763 g/mol. The maximum absolute atomic E-state index is 12.7. The number of esters is 3. The van der Waals surface area contributed by atoms with E-state index in [0.717, 1.165) is 57.8 Å². The van der Waals surface area contributed by atoms with Crippen LogP contribution in [0.25, 0.3) is 0 Å². The molecule has 0 aliphatic carbocycles. The van der Waals surface area contributed by atoms with Crippen LogP contribution in [0.15, 0.2) is 97.2 Å². The Labute approximate surface area is 337 Å². The van der Waals surface area contributed by atoms with Gasteiger partial charge in [-0.2, -0.15) is 0 Å². The summed E-state index contributed by atoms with van der Waals surface area (Å²) in [5.74, 6) is -1.10. The number of ether oxygens (including phenoxy) is 3. The Morgan fingerprint density at radius 2 is 0.855 bits per heavy atom. The Hall–Kier alpha value is -3.67. The summed E-state index contributed by atoms with van der Waals surface area (Å²) < 4.78 is 16.5. The van der Waals surface area contributed by atoms with Crippen molar-refractivity contribution in [1.29, 1.82) is 0 Å². The van der Waals surface area contributed by atoms with Crippen molar-refractivity contribution in [3.8, 4) is 0 Å². The van der Waals surface area contributed by atoms with E-state index in [-0.39, 0.29) is 38.0 Å². The number of unbranched alkanes of at least 4 members (excludes halogenated alkanes) is 14. The van der Waals surface area contributed by atoms with Crippen molar-refractivity contribution in [2.75, 3.05) is 13.2 Å². The number of carbonyl (C=O) groups is 3. The van der Waals surface area contributed by atoms with Crippen molar-refractivity contribution in [2.24, 2.45) is 0 Å². The minimum Gasteiger partial charge on any atom is -0.462 e. The molecule has 0 heterocycles. The summed E-state index contributed by atoms with van der Waals surface area (Å²) in [6.07, 6.45) is 55.5. The zero-order valence-corrected chi connectivity index (χ0v) is 35.1. The van der Waals surface area contributed by atoms with Crippen LogP contribution in [0.1, 0.15) is 175 Å². The smallest absolute Gasteiger partial charge is 0.306 e. The summed E-state index contributed by atoms with van der Waals surface area (Å²) >= 11 is 0. The molecule has 0 aromatic carbocycles. The first-order chi connectivity index (χ1) is 27.0. The van der Waals surface area contributed by atoms with E-state index in [9.17, 15) is 14.4 Å². The normalized spacial score (nSPS) is 13.0. The largest absolute Gasteiger partial charge is 0.462 e.